The molecule has 1 aromatic carbocycles. The zero-order valence-corrected chi connectivity index (χ0v) is 10.3. The van der Waals surface area contributed by atoms with Crippen LogP contribution in [0.4, 0.5) is 13.2 Å². The summed E-state index contributed by atoms with van der Waals surface area (Å²) >= 11 is 0. The molecule has 1 heterocycles. The minimum Gasteiger partial charge on any atom is -0.452 e. The highest BCUT2D eigenvalue weighted by atomic mass is 19.4. The highest BCUT2D eigenvalue weighted by molar-refractivity contribution is 5.79. The van der Waals surface area contributed by atoms with E-state index < -0.39 is 11.9 Å². The van der Waals surface area contributed by atoms with Crippen molar-refractivity contribution in [2.24, 2.45) is 5.73 Å². The molecule has 2 nitrogen and oxygen atoms in total. The Bertz CT molecular complexity index is 605. The van der Waals surface area contributed by atoms with Crippen LogP contribution in [0.5, 0.6) is 0 Å². The van der Waals surface area contributed by atoms with Crippen molar-refractivity contribution >= 4 is 11.0 Å². The fourth-order valence-corrected chi connectivity index (χ4v) is 2.73. The predicted molar refractivity (Wildman–Crippen MR) is 65.8 cm³/mol. The smallest absolute Gasteiger partial charge is 0.449 e. The van der Waals surface area contributed by atoms with E-state index in [0.717, 1.165) is 30.9 Å². The summed E-state index contributed by atoms with van der Waals surface area (Å²) in [6.45, 7) is 0.530. The van der Waals surface area contributed by atoms with Gasteiger partial charge >= 0.3 is 6.18 Å². The largest absolute Gasteiger partial charge is 0.452 e. The molecule has 1 aliphatic carbocycles. The summed E-state index contributed by atoms with van der Waals surface area (Å²) in [5, 5.41) is 0.490. The van der Waals surface area contributed by atoms with E-state index in [-0.39, 0.29) is 11.0 Å². The second-order valence-electron chi connectivity index (χ2n) is 5.20. The van der Waals surface area contributed by atoms with E-state index in [1.807, 2.05) is 6.07 Å². The van der Waals surface area contributed by atoms with Gasteiger partial charge in [0.2, 0.25) is 5.76 Å². The Morgan fingerprint density at radius 1 is 1.21 bits per heavy atom. The Hall–Kier alpha value is -1.49. The maximum Gasteiger partial charge on any atom is 0.449 e. The van der Waals surface area contributed by atoms with Crippen LogP contribution in [0.15, 0.2) is 28.7 Å². The molecule has 0 radical (unpaired) electrons. The first kappa shape index (κ1) is 12.5. The van der Waals surface area contributed by atoms with Crippen LogP contribution in [0.3, 0.4) is 0 Å². The summed E-state index contributed by atoms with van der Waals surface area (Å²) in [6, 6.07) is 6.27. The quantitative estimate of drug-likeness (QED) is 0.899. The zero-order valence-electron chi connectivity index (χ0n) is 10.3. The van der Waals surface area contributed by atoms with Gasteiger partial charge in [0.15, 0.2) is 0 Å². The Labute approximate surface area is 108 Å². The van der Waals surface area contributed by atoms with E-state index >= 15 is 0 Å². The number of halogens is 3. The molecule has 5 heteroatoms. The molecular weight excluding hydrogens is 255 g/mol. The second kappa shape index (κ2) is 4.00. The maximum absolute atomic E-state index is 12.6. The number of furan rings is 1. The van der Waals surface area contributed by atoms with E-state index in [2.05, 4.69) is 0 Å². The number of alkyl halides is 3. The van der Waals surface area contributed by atoms with Crippen LogP contribution in [0.25, 0.3) is 11.0 Å². The van der Waals surface area contributed by atoms with Crippen LogP contribution in [-0.2, 0) is 11.6 Å². The van der Waals surface area contributed by atoms with Gasteiger partial charge in [-0.1, -0.05) is 12.5 Å². The van der Waals surface area contributed by atoms with Crippen molar-refractivity contribution in [2.75, 3.05) is 6.54 Å². The normalized spacial score (nSPS) is 18.5. The van der Waals surface area contributed by atoms with E-state index in [4.69, 9.17) is 10.2 Å². The van der Waals surface area contributed by atoms with Gasteiger partial charge in [0.1, 0.15) is 5.58 Å². The van der Waals surface area contributed by atoms with Crippen molar-refractivity contribution < 1.29 is 17.6 Å². The van der Waals surface area contributed by atoms with E-state index in [1.165, 1.54) is 0 Å². The minimum atomic E-state index is -4.44. The first-order valence-corrected chi connectivity index (χ1v) is 6.26. The molecule has 1 aliphatic rings. The topological polar surface area (TPSA) is 39.2 Å². The van der Waals surface area contributed by atoms with E-state index in [0.29, 0.717) is 11.9 Å². The number of rotatable bonds is 2. The average Bonchev–Trinajstić information content (AvgIpc) is 2.71. The molecule has 3 rings (SSSR count). The number of benzene rings is 1. The lowest BCUT2D eigenvalue weighted by atomic mass is 9.64. The number of nitrogens with two attached hydrogens (primary N) is 1. The summed E-state index contributed by atoms with van der Waals surface area (Å²) in [5.41, 5.74) is 7.05. The van der Waals surface area contributed by atoms with Gasteiger partial charge in [-0.25, -0.2) is 0 Å². The Morgan fingerprint density at radius 2 is 1.95 bits per heavy atom. The monoisotopic (exact) mass is 269 g/mol. The number of hydrogen-bond acceptors (Lipinski definition) is 2. The molecule has 0 bridgehead atoms. The molecule has 2 N–H and O–H groups in total. The van der Waals surface area contributed by atoms with Gasteiger partial charge in [-0.2, -0.15) is 13.2 Å². The molecule has 1 saturated carbocycles. The Kier molecular flexibility index (Phi) is 2.64. The molecule has 0 aliphatic heterocycles. The molecular formula is C14H14F3NO. The first-order valence-electron chi connectivity index (χ1n) is 6.26. The molecule has 0 atom stereocenters. The summed E-state index contributed by atoms with van der Waals surface area (Å²) in [5.74, 6) is -0.949. The Morgan fingerprint density at radius 3 is 2.47 bits per heavy atom. The molecule has 0 unspecified atom stereocenters. The fourth-order valence-electron chi connectivity index (χ4n) is 2.73. The van der Waals surface area contributed by atoms with E-state index in [9.17, 15) is 13.2 Å². The van der Waals surface area contributed by atoms with Crippen molar-refractivity contribution in [3.8, 4) is 0 Å². The first-order chi connectivity index (χ1) is 8.94. The van der Waals surface area contributed by atoms with Gasteiger partial charge in [-0.05, 0) is 36.6 Å². The summed E-state index contributed by atoms with van der Waals surface area (Å²) in [7, 11) is 0. The van der Waals surface area contributed by atoms with Crippen LogP contribution in [-0.4, -0.2) is 6.54 Å². The average molecular weight is 269 g/mol. The lowest BCUT2D eigenvalue weighted by Gasteiger charge is -2.41. The number of hydrogen-bond donors (Lipinski definition) is 1. The summed E-state index contributed by atoms with van der Waals surface area (Å²) in [6.07, 6.45) is -1.33. The molecule has 102 valence electrons. The third-order valence-corrected chi connectivity index (χ3v) is 4.11. The van der Waals surface area contributed by atoms with E-state index in [1.54, 1.807) is 12.1 Å². The lowest BCUT2D eigenvalue weighted by Crippen LogP contribution is -2.41. The molecule has 1 aromatic heterocycles. The van der Waals surface area contributed by atoms with Crippen LogP contribution < -0.4 is 5.73 Å². The standard InChI is InChI=1S/C14H14F3NO/c15-14(16,17)12-7-9-6-10(2-3-11(9)19-12)13(8-18)4-1-5-13/h2-3,6-7H,1,4-5,8,18H2. The summed E-state index contributed by atoms with van der Waals surface area (Å²) in [4.78, 5) is 0. The third kappa shape index (κ3) is 1.92. The lowest BCUT2D eigenvalue weighted by molar-refractivity contribution is -0.152. The highest BCUT2D eigenvalue weighted by Crippen LogP contribution is 2.44. The van der Waals surface area contributed by atoms with Gasteiger partial charge in [-0.3, -0.25) is 0 Å². The van der Waals surface area contributed by atoms with Crippen LogP contribution >= 0.6 is 0 Å². The van der Waals surface area contributed by atoms with Gasteiger partial charge < -0.3 is 10.2 Å². The van der Waals surface area contributed by atoms with Gasteiger partial charge in [0.05, 0.1) is 0 Å². The van der Waals surface area contributed by atoms with Crippen molar-refractivity contribution in [1.29, 1.82) is 0 Å². The number of fused-ring (bicyclic) bond motifs is 1. The molecule has 19 heavy (non-hydrogen) atoms. The highest BCUT2D eigenvalue weighted by Gasteiger charge is 2.38. The van der Waals surface area contributed by atoms with Gasteiger partial charge in [-0.15, -0.1) is 0 Å². The molecule has 1 fully saturated rings. The maximum atomic E-state index is 12.6. The van der Waals surface area contributed by atoms with Crippen molar-refractivity contribution in [1.82, 2.24) is 0 Å². The third-order valence-electron chi connectivity index (χ3n) is 4.11. The predicted octanol–water partition coefficient (Wildman–Crippen LogP) is 3.83. The van der Waals surface area contributed by atoms with Gasteiger partial charge in [0.25, 0.3) is 0 Å². The minimum absolute atomic E-state index is 0.0517. The van der Waals surface area contributed by atoms with Crippen molar-refractivity contribution in [3.63, 3.8) is 0 Å². The van der Waals surface area contributed by atoms with Crippen LogP contribution in [0, 0.1) is 0 Å². The fraction of sp³-hybridized carbons (Fsp3) is 0.429. The van der Waals surface area contributed by atoms with Crippen LogP contribution in [0.2, 0.25) is 0 Å². The zero-order chi connectivity index (χ0) is 13.7. The Balaban J connectivity index is 2.06. The van der Waals surface area contributed by atoms with Crippen LogP contribution in [0.1, 0.15) is 30.6 Å². The van der Waals surface area contributed by atoms with Gasteiger partial charge in [0, 0.05) is 17.3 Å². The second-order valence-corrected chi connectivity index (χ2v) is 5.20. The SMILES string of the molecule is NCC1(c2ccc3oc(C(F)(F)F)cc3c2)CCC1. The van der Waals surface area contributed by atoms with Crippen molar-refractivity contribution in [3.05, 3.63) is 35.6 Å². The van der Waals surface area contributed by atoms with Crippen molar-refractivity contribution in [2.45, 2.75) is 30.9 Å². The molecule has 2 aromatic rings. The molecule has 0 amide bonds. The summed E-state index contributed by atoms with van der Waals surface area (Å²) < 4.78 is 42.6. The molecule has 0 saturated heterocycles. The molecule has 0 spiro atoms.